The van der Waals surface area contributed by atoms with Gasteiger partial charge in [0.05, 0.1) is 5.75 Å². The Morgan fingerprint density at radius 2 is 2.35 bits per heavy atom. The van der Waals surface area contributed by atoms with Gasteiger partial charge in [-0.2, -0.15) is 0 Å². The first-order valence-electron chi connectivity index (χ1n) is 6.42. The molecular formula is C15H20ClNO2S. The zero-order chi connectivity index (χ0) is 14.8. The SMILES string of the molecule is C#CCSCCNCC(O)COc1ccc(Cl)c(C)c1. The summed E-state index contributed by atoms with van der Waals surface area (Å²) in [4.78, 5) is 0. The number of aliphatic hydroxyl groups excluding tert-OH is 1. The lowest BCUT2D eigenvalue weighted by Crippen LogP contribution is -2.32. The second kappa shape index (κ2) is 9.95. The molecule has 0 aromatic heterocycles. The number of rotatable bonds is 9. The Hall–Kier alpha value is -0.860. The zero-order valence-electron chi connectivity index (χ0n) is 11.6. The highest BCUT2D eigenvalue weighted by atomic mass is 35.5. The van der Waals surface area contributed by atoms with Crippen LogP contribution in [0.25, 0.3) is 0 Å². The highest BCUT2D eigenvalue weighted by molar-refractivity contribution is 7.99. The third-order valence-corrected chi connectivity index (χ3v) is 3.85. The van der Waals surface area contributed by atoms with Crippen LogP contribution in [-0.4, -0.2) is 42.4 Å². The van der Waals surface area contributed by atoms with E-state index in [-0.39, 0.29) is 6.61 Å². The average Bonchev–Trinajstić information content (AvgIpc) is 2.44. The maximum atomic E-state index is 9.78. The van der Waals surface area contributed by atoms with Crippen molar-refractivity contribution in [1.29, 1.82) is 0 Å². The summed E-state index contributed by atoms with van der Waals surface area (Å²) < 4.78 is 5.52. The molecule has 0 aliphatic carbocycles. The minimum atomic E-state index is -0.538. The first-order valence-corrected chi connectivity index (χ1v) is 7.95. The molecule has 20 heavy (non-hydrogen) atoms. The van der Waals surface area contributed by atoms with Gasteiger partial charge in [-0.3, -0.25) is 0 Å². The van der Waals surface area contributed by atoms with E-state index in [0.29, 0.717) is 11.6 Å². The van der Waals surface area contributed by atoms with Crippen LogP contribution in [0.15, 0.2) is 18.2 Å². The summed E-state index contributed by atoms with van der Waals surface area (Å²) in [5.74, 6) is 4.95. The number of ether oxygens (including phenoxy) is 1. The number of terminal acetylenes is 1. The molecule has 0 bridgehead atoms. The Balaban J connectivity index is 2.15. The Morgan fingerprint density at radius 1 is 1.55 bits per heavy atom. The molecule has 5 heteroatoms. The van der Waals surface area contributed by atoms with Crippen molar-refractivity contribution in [1.82, 2.24) is 5.32 Å². The third-order valence-electron chi connectivity index (χ3n) is 2.56. The molecule has 1 aromatic rings. The van der Waals surface area contributed by atoms with Crippen molar-refractivity contribution >= 4 is 23.4 Å². The van der Waals surface area contributed by atoms with Crippen molar-refractivity contribution in [3.05, 3.63) is 28.8 Å². The highest BCUT2D eigenvalue weighted by Gasteiger charge is 2.05. The molecular weight excluding hydrogens is 294 g/mol. The molecule has 0 heterocycles. The van der Waals surface area contributed by atoms with Crippen molar-refractivity contribution in [2.45, 2.75) is 13.0 Å². The predicted octanol–water partition coefficient (Wildman–Crippen LogP) is 2.34. The van der Waals surface area contributed by atoms with Crippen LogP contribution in [0.4, 0.5) is 0 Å². The van der Waals surface area contributed by atoms with Crippen LogP contribution in [0.3, 0.4) is 0 Å². The predicted molar refractivity (Wildman–Crippen MR) is 86.7 cm³/mol. The van der Waals surface area contributed by atoms with E-state index in [1.165, 1.54) is 0 Å². The van der Waals surface area contributed by atoms with Gasteiger partial charge < -0.3 is 15.2 Å². The van der Waals surface area contributed by atoms with Crippen LogP contribution in [0, 0.1) is 19.3 Å². The van der Waals surface area contributed by atoms with Crippen LogP contribution in [0.5, 0.6) is 5.75 Å². The summed E-state index contributed by atoms with van der Waals surface area (Å²) >= 11 is 7.63. The van der Waals surface area contributed by atoms with Crippen molar-refractivity contribution in [2.75, 3.05) is 31.2 Å². The lowest BCUT2D eigenvalue weighted by molar-refractivity contribution is 0.107. The minimum absolute atomic E-state index is 0.256. The van der Waals surface area contributed by atoms with Crippen LogP contribution < -0.4 is 10.1 Å². The molecule has 3 nitrogen and oxygen atoms in total. The second-order valence-electron chi connectivity index (χ2n) is 4.34. The molecule has 0 spiro atoms. The normalized spacial score (nSPS) is 11.9. The molecule has 1 unspecified atom stereocenters. The average molecular weight is 314 g/mol. The quantitative estimate of drug-likeness (QED) is 0.542. The fourth-order valence-corrected chi connectivity index (χ4v) is 2.17. The van der Waals surface area contributed by atoms with Gasteiger partial charge in [-0.25, -0.2) is 0 Å². The summed E-state index contributed by atoms with van der Waals surface area (Å²) in [6.45, 7) is 3.50. The van der Waals surface area contributed by atoms with E-state index in [1.807, 2.05) is 13.0 Å². The van der Waals surface area contributed by atoms with Crippen molar-refractivity contribution in [3.8, 4) is 18.1 Å². The molecule has 0 saturated heterocycles. The van der Waals surface area contributed by atoms with Gasteiger partial charge in [0.2, 0.25) is 0 Å². The van der Waals surface area contributed by atoms with Gasteiger partial charge in [0.1, 0.15) is 18.5 Å². The topological polar surface area (TPSA) is 41.5 Å². The summed E-state index contributed by atoms with van der Waals surface area (Å²) in [6, 6.07) is 5.45. The number of aliphatic hydroxyl groups is 1. The number of thioether (sulfide) groups is 1. The largest absolute Gasteiger partial charge is 0.491 e. The Kier molecular flexibility index (Phi) is 8.56. The van der Waals surface area contributed by atoms with E-state index < -0.39 is 6.10 Å². The van der Waals surface area contributed by atoms with E-state index >= 15 is 0 Å². The van der Waals surface area contributed by atoms with Gasteiger partial charge >= 0.3 is 0 Å². The van der Waals surface area contributed by atoms with Crippen LogP contribution in [0.1, 0.15) is 5.56 Å². The number of halogens is 1. The summed E-state index contributed by atoms with van der Waals surface area (Å²) in [5.41, 5.74) is 0.960. The molecule has 110 valence electrons. The minimum Gasteiger partial charge on any atom is -0.491 e. The van der Waals surface area contributed by atoms with E-state index in [4.69, 9.17) is 22.8 Å². The molecule has 1 aromatic carbocycles. The Morgan fingerprint density at radius 3 is 3.05 bits per heavy atom. The smallest absolute Gasteiger partial charge is 0.119 e. The van der Waals surface area contributed by atoms with Gasteiger partial charge in [0.15, 0.2) is 0 Å². The monoisotopic (exact) mass is 313 g/mol. The number of benzene rings is 1. The van der Waals surface area contributed by atoms with Crippen LogP contribution in [-0.2, 0) is 0 Å². The molecule has 0 radical (unpaired) electrons. The third kappa shape index (κ3) is 7.06. The van der Waals surface area contributed by atoms with Crippen LogP contribution >= 0.6 is 23.4 Å². The number of aryl methyl sites for hydroxylation is 1. The molecule has 0 aliphatic rings. The number of hydrogen-bond acceptors (Lipinski definition) is 4. The lowest BCUT2D eigenvalue weighted by atomic mass is 10.2. The van der Waals surface area contributed by atoms with Gasteiger partial charge in [0.25, 0.3) is 0 Å². The zero-order valence-corrected chi connectivity index (χ0v) is 13.1. The Labute approximate surface area is 130 Å². The number of hydrogen-bond donors (Lipinski definition) is 2. The van der Waals surface area contributed by atoms with Crippen LogP contribution in [0.2, 0.25) is 5.02 Å². The second-order valence-corrected chi connectivity index (χ2v) is 5.85. The van der Waals surface area contributed by atoms with E-state index in [2.05, 4.69) is 11.2 Å². The fourth-order valence-electron chi connectivity index (χ4n) is 1.50. The molecule has 1 atom stereocenters. The van der Waals surface area contributed by atoms with Crippen molar-refractivity contribution in [3.63, 3.8) is 0 Å². The van der Waals surface area contributed by atoms with E-state index in [0.717, 1.165) is 29.4 Å². The molecule has 1 rings (SSSR count). The Bertz CT molecular complexity index is 448. The first kappa shape index (κ1) is 17.2. The summed E-state index contributed by atoms with van der Waals surface area (Å²) in [7, 11) is 0. The van der Waals surface area contributed by atoms with Gasteiger partial charge in [0, 0.05) is 23.9 Å². The lowest BCUT2D eigenvalue weighted by Gasteiger charge is -2.13. The van der Waals surface area contributed by atoms with Crippen molar-refractivity contribution in [2.24, 2.45) is 0 Å². The van der Waals surface area contributed by atoms with Gasteiger partial charge in [-0.05, 0) is 30.7 Å². The van der Waals surface area contributed by atoms with E-state index in [1.54, 1.807) is 23.9 Å². The maximum absolute atomic E-state index is 9.78. The molecule has 0 fully saturated rings. The van der Waals surface area contributed by atoms with Gasteiger partial charge in [-0.15, -0.1) is 18.2 Å². The summed E-state index contributed by atoms with van der Waals surface area (Å²) in [5, 5.41) is 13.7. The molecule has 0 aliphatic heterocycles. The molecule has 2 N–H and O–H groups in total. The summed E-state index contributed by atoms with van der Waals surface area (Å²) in [6.07, 6.45) is 4.61. The van der Waals surface area contributed by atoms with E-state index in [9.17, 15) is 5.11 Å². The first-order chi connectivity index (χ1) is 9.63. The van der Waals surface area contributed by atoms with Crippen molar-refractivity contribution < 1.29 is 9.84 Å². The maximum Gasteiger partial charge on any atom is 0.119 e. The van der Waals surface area contributed by atoms with Gasteiger partial charge in [-0.1, -0.05) is 17.5 Å². The number of nitrogens with one attached hydrogen (secondary N) is 1. The standard InChI is InChI=1S/C15H20ClNO2S/c1-3-7-20-8-6-17-10-13(18)11-19-14-4-5-15(16)12(2)9-14/h1,4-5,9,13,17-18H,6-8,10-11H2,2H3. The molecule has 0 amide bonds. The fraction of sp³-hybridized carbons (Fsp3) is 0.467. The highest BCUT2D eigenvalue weighted by Crippen LogP contribution is 2.20. The molecule has 0 saturated carbocycles.